The zero-order chi connectivity index (χ0) is 30.2. The number of hydrogen-bond donors (Lipinski definition) is 4. The number of rotatable bonds is 13. The third-order valence-corrected chi connectivity index (χ3v) is 7.20. The summed E-state index contributed by atoms with van der Waals surface area (Å²) in [7, 11) is 0. The molecule has 4 rings (SSSR count). The molecule has 0 bridgehead atoms. The van der Waals surface area contributed by atoms with E-state index in [0.29, 0.717) is 24.2 Å². The van der Waals surface area contributed by atoms with E-state index in [0.717, 1.165) is 27.9 Å². The van der Waals surface area contributed by atoms with Crippen LogP contribution in [0.2, 0.25) is 0 Å². The maximum absolute atomic E-state index is 14.0. The van der Waals surface area contributed by atoms with E-state index < -0.39 is 24.6 Å². The van der Waals surface area contributed by atoms with Gasteiger partial charge in [0.1, 0.15) is 11.5 Å². The van der Waals surface area contributed by atoms with Crippen molar-refractivity contribution in [2.45, 2.75) is 64.3 Å². The van der Waals surface area contributed by atoms with Crippen molar-refractivity contribution in [2.75, 3.05) is 0 Å². The third kappa shape index (κ3) is 7.51. The summed E-state index contributed by atoms with van der Waals surface area (Å²) < 4.78 is 16.0. The third-order valence-electron chi connectivity index (χ3n) is 7.20. The highest BCUT2D eigenvalue weighted by atomic mass is 19.1. The molecule has 8 heteroatoms. The van der Waals surface area contributed by atoms with Crippen LogP contribution in [0.4, 0.5) is 4.39 Å². The lowest BCUT2D eigenvalue weighted by molar-refractivity contribution is -0.139. The van der Waals surface area contributed by atoms with Gasteiger partial charge in [0.2, 0.25) is 0 Å². The van der Waals surface area contributed by atoms with Crippen LogP contribution in [-0.4, -0.2) is 44.0 Å². The summed E-state index contributed by atoms with van der Waals surface area (Å²) in [6.45, 7) is 4.29. The second-order valence-electron chi connectivity index (χ2n) is 10.7. The SMILES string of the molecule is CC(C)n1c(CCC(O)CC(O)CC(=O)O)c(-c2ccc(F)cc2)c(-c2ccccc2)c1C(=O)NCc1ccccc1. The molecule has 0 saturated heterocycles. The van der Waals surface area contributed by atoms with Crippen molar-refractivity contribution >= 4 is 11.9 Å². The molecule has 2 unspecified atom stereocenters. The monoisotopic (exact) mass is 572 g/mol. The summed E-state index contributed by atoms with van der Waals surface area (Å²) in [5, 5.41) is 32.9. The van der Waals surface area contributed by atoms with Crippen molar-refractivity contribution in [1.82, 2.24) is 9.88 Å². The predicted molar refractivity (Wildman–Crippen MR) is 160 cm³/mol. The Kier molecular flexibility index (Phi) is 10.3. The Labute approximate surface area is 245 Å². The van der Waals surface area contributed by atoms with Crippen molar-refractivity contribution < 1.29 is 29.3 Å². The Hall–Kier alpha value is -4.27. The Morgan fingerprint density at radius 2 is 1.43 bits per heavy atom. The summed E-state index contributed by atoms with van der Waals surface area (Å²) in [5.41, 5.74) is 5.21. The number of aliphatic carboxylic acids is 1. The van der Waals surface area contributed by atoms with Gasteiger partial charge in [0.05, 0.1) is 18.6 Å². The van der Waals surface area contributed by atoms with Crippen LogP contribution in [0.5, 0.6) is 0 Å². The van der Waals surface area contributed by atoms with Crippen molar-refractivity contribution in [3.05, 3.63) is 108 Å². The Balaban J connectivity index is 1.85. The molecule has 42 heavy (non-hydrogen) atoms. The lowest BCUT2D eigenvalue weighted by Gasteiger charge is -2.20. The molecule has 4 aromatic rings. The molecule has 3 aromatic carbocycles. The molecule has 7 nitrogen and oxygen atoms in total. The van der Waals surface area contributed by atoms with Gasteiger partial charge in [-0.15, -0.1) is 0 Å². The van der Waals surface area contributed by atoms with Gasteiger partial charge in [0.25, 0.3) is 5.91 Å². The van der Waals surface area contributed by atoms with Gasteiger partial charge in [0, 0.05) is 29.4 Å². The quantitative estimate of drug-likeness (QED) is 0.157. The van der Waals surface area contributed by atoms with E-state index >= 15 is 0 Å². The first-order valence-electron chi connectivity index (χ1n) is 14.1. The van der Waals surface area contributed by atoms with E-state index in [1.54, 1.807) is 12.1 Å². The molecule has 0 aliphatic rings. The van der Waals surface area contributed by atoms with Crippen LogP contribution >= 0.6 is 0 Å². The van der Waals surface area contributed by atoms with Gasteiger partial charge in [-0.3, -0.25) is 9.59 Å². The molecule has 4 N–H and O–H groups in total. The standard InChI is InChI=1S/C34H37FN2O5/c1-22(2)37-29(18-17-27(38)19-28(39)20-30(40)41)31(25-13-15-26(35)16-14-25)32(24-11-7-4-8-12-24)33(37)34(42)36-21-23-9-5-3-6-10-23/h3-16,22,27-28,38-39H,17-21H2,1-2H3,(H,36,42)(H,40,41). The van der Waals surface area contributed by atoms with Crippen LogP contribution in [0.15, 0.2) is 84.9 Å². The van der Waals surface area contributed by atoms with Crippen LogP contribution in [0.25, 0.3) is 22.3 Å². The fourth-order valence-corrected chi connectivity index (χ4v) is 5.37. The average molecular weight is 573 g/mol. The van der Waals surface area contributed by atoms with Crippen LogP contribution < -0.4 is 5.32 Å². The van der Waals surface area contributed by atoms with E-state index in [1.165, 1.54) is 12.1 Å². The molecule has 0 radical (unpaired) electrons. The maximum Gasteiger partial charge on any atom is 0.305 e. The van der Waals surface area contributed by atoms with Gasteiger partial charge < -0.3 is 25.2 Å². The first kappa shape index (κ1) is 30.7. The molecule has 0 saturated carbocycles. The Morgan fingerprint density at radius 1 is 0.833 bits per heavy atom. The Bertz CT molecular complexity index is 1480. The molecule has 220 valence electrons. The lowest BCUT2D eigenvalue weighted by atomic mass is 9.92. The number of carbonyl (C=O) groups is 2. The first-order chi connectivity index (χ1) is 20.2. The molecule has 1 amide bonds. The number of halogens is 1. The Morgan fingerprint density at radius 3 is 2.02 bits per heavy atom. The average Bonchev–Trinajstić information content (AvgIpc) is 3.31. The van der Waals surface area contributed by atoms with Crippen molar-refractivity contribution in [3.8, 4) is 22.3 Å². The van der Waals surface area contributed by atoms with E-state index in [2.05, 4.69) is 5.32 Å². The number of amides is 1. The number of aliphatic hydroxyl groups is 2. The van der Waals surface area contributed by atoms with E-state index in [9.17, 15) is 24.2 Å². The highest BCUT2D eigenvalue weighted by molar-refractivity contribution is 6.05. The molecule has 1 aromatic heterocycles. The number of carboxylic acid groups (broad SMARTS) is 1. The number of benzene rings is 3. The molecule has 1 heterocycles. The number of aromatic nitrogens is 1. The minimum atomic E-state index is -1.18. The topological polar surface area (TPSA) is 112 Å². The van der Waals surface area contributed by atoms with Crippen LogP contribution in [0.3, 0.4) is 0 Å². The van der Waals surface area contributed by atoms with Crippen LogP contribution in [0.1, 0.15) is 60.9 Å². The first-order valence-corrected chi connectivity index (χ1v) is 14.1. The predicted octanol–water partition coefficient (Wildman–Crippen LogP) is 5.99. The van der Waals surface area contributed by atoms with Crippen molar-refractivity contribution in [2.24, 2.45) is 0 Å². The summed E-state index contributed by atoms with van der Waals surface area (Å²) in [6, 6.07) is 25.2. The smallest absolute Gasteiger partial charge is 0.305 e. The molecular formula is C34H37FN2O5. The second-order valence-corrected chi connectivity index (χ2v) is 10.7. The number of nitrogens with one attached hydrogen (secondary N) is 1. The minimum Gasteiger partial charge on any atom is -0.481 e. The fraction of sp³-hybridized carbons (Fsp3) is 0.294. The highest BCUT2D eigenvalue weighted by Crippen LogP contribution is 2.42. The number of hydrogen-bond acceptors (Lipinski definition) is 4. The van der Waals surface area contributed by atoms with Gasteiger partial charge in [-0.25, -0.2) is 4.39 Å². The zero-order valence-corrected chi connectivity index (χ0v) is 23.8. The van der Waals surface area contributed by atoms with Gasteiger partial charge >= 0.3 is 5.97 Å². The van der Waals surface area contributed by atoms with Gasteiger partial charge in [-0.2, -0.15) is 0 Å². The molecule has 0 aliphatic carbocycles. The molecule has 0 fully saturated rings. The van der Waals surface area contributed by atoms with E-state index in [1.807, 2.05) is 79.1 Å². The van der Waals surface area contributed by atoms with Gasteiger partial charge in [-0.1, -0.05) is 72.8 Å². The second kappa shape index (κ2) is 14.1. The number of aliphatic hydroxyl groups excluding tert-OH is 2. The minimum absolute atomic E-state index is 0.0868. The van der Waals surface area contributed by atoms with Crippen LogP contribution in [-0.2, 0) is 17.8 Å². The van der Waals surface area contributed by atoms with E-state index in [-0.39, 0.29) is 30.6 Å². The van der Waals surface area contributed by atoms with Crippen molar-refractivity contribution in [3.63, 3.8) is 0 Å². The number of nitrogens with zero attached hydrogens (tertiary/aromatic N) is 1. The molecular weight excluding hydrogens is 535 g/mol. The largest absolute Gasteiger partial charge is 0.481 e. The fourth-order valence-electron chi connectivity index (χ4n) is 5.37. The van der Waals surface area contributed by atoms with Gasteiger partial charge in [-0.05, 0) is 61.9 Å². The number of carboxylic acids is 1. The summed E-state index contributed by atoms with van der Waals surface area (Å²) in [4.78, 5) is 25.0. The number of carbonyl (C=O) groups excluding carboxylic acids is 1. The molecule has 2 atom stereocenters. The zero-order valence-electron chi connectivity index (χ0n) is 23.8. The summed E-state index contributed by atoms with van der Waals surface area (Å²) in [6.07, 6.45) is -2.13. The molecule has 0 spiro atoms. The summed E-state index contributed by atoms with van der Waals surface area (Å²) >= 11 is 0. The van der Waals surface area contributed by atoms with Gasteiger partial charge in [0.15, 0.2) is 0 Å². The normalized spacial score (nSPS) is 12.7. The van der Waals surface area contributed by atoms with Crippen LogP contribution in [0, 0.1) is 5.82 Å². The van der Waals surface area contributed by atoms with Crippen molar-refractivity contribution in [1.29, 1.82) is 0 Å². The summed E-state index contributed by atoms with van der Waals surface area (Å²) in [5.74, 6) is -1.78. The highest BCUT2D eigenvalue weighted by Gasteiger charge is 2.30. The van der Waals surface area contributed by atoms with E-state index in [4.69, 9.17) is 5.11 Å². The maximum atomic E-state index is 14.0. The molecule has 0 aliphatic heterocycles. The lowest BCUT2D eigenvalue weighted by Crippen LogP contribution is -2.27.